The number of ether oxygens (including phenoxy) is 2. The first kappa shape index (κ1) is 35.4. The van der Waals surface area contributed by atoms with Gasteiger partial charge in [0.05, 0.1) is 42.6 Å². The highest BCUT2D eigenvalue weighted by Crippen LogP contribution is 2.42. The summed E-state index contributed by atoms with van der Waals surface area (Å²) in [6.45, 7) is 4.90. The second-order valence-corrected chi connectivity index (χ2v) is 13.9. The molecule has 2 aliphatic heterocycles. The molecule has 0 spiro atoms. The minimum Gasteiger partial charge on any atom is -0.392 e. The predicted molar refractivity (Wildman–Crippen MR) is 199 cm³/mol. The molecule has 8 heteroatoms. The van der Waals surface area contributed by atoms with Crippen LogP contribution in [0.25, 0.3) is 11.1 Å². The first-order valence-electron chi connectivity index (χ1n) is 17.8. The van der Waals surface area contributed by atoms with Crippen LogP contribution in [0.3, 0.4) is 0 Å². The van der Waals surface area contributed by atoms with Crippen molar-refractivity contribution in [3.8, 4) is 11.1 Å². The Hall–Kier alpha value is -4.96. The molecule has 2 aliphatic rings. The number of benzene rings is 5. The molecule has 2 heterocycles. The van der Waals surface area contributed by atoms with Gasteiger partial charge in [0, 0.05) is 24.1 Å². The highest BCUT2D eigenvalue weighted by atomic mass is 16.7. The Morgan fingerprint density at radius 1 is 0.731 bits per heavy atom. The molecule has 52 heavy (non-hydrogen) atoms. The van der Waals surface area contributed by atoms with E-state index in [1.165, 1.54) is 4.90 Å². The maximum absolute atomic E-state index is 13.0. The van der Waals surface area contributed by atoms with Gasteiger partial charge in [-0.25, -0.2) is 0 Å². The van der Waals surface area contributed by atoms with Gasteiger partial charge in [0.25, 0.3) is 11.8 Å². The van der Waals surface area contributed by atoms with E-state index in [9.17, 15) is 19.8 Å². The summed E-state index contributed by atoms with van der Waals surface area (Å²) in [5, 5.41) is 20.8. The van der Waals surface area contributed by atoms with E-state index in [1.807, 2.05) is 117 Å². The topological polar surface area (TPSA) is 99.5 Å². The maximum Gasteiger partial charge on any atom is 0.261 e. The van der Waals surface area contributed by atoms with E-state index in [0.717, 1.165) is 38.9 Å². The summed E-state index contributed by atoms with van der Waals surface area (Å²) in [7, 11) is 2.01. The minimum atomic E-state index is -0.655. The largest absolute Gasteiger partial charge is 0.392 e. The summed E-state index contributed by atoms with van der Waals surface area (Å²) in [5.74, 6) is -0.554. The first-order valence-corrected chi connectivity index (χ1v) is 17.8. The number of carbonyl (C=O) groups is 2. The monoisotopic (exact) mass is 696 g/mol. The maximum atomic E-state index is 13.0. The third-order valence-electron chi connectivity index (χ3n) is 10.5. The quantitative estimate of drug-likeness (QED) is 0.138. The molecule has 8 nitrogen and oxygen atoms in total. The molecule has 6 atom stereocenters. The van der Waals surface area contributed by atoms with Gasteiger partial charge >= 0.3 is 0 Å². The summed E-state index contributed by atoms with van der Waals surface area (Å²) < 4.78 is 13.4. The Morgan fingerprint density at radius 2 is 1.37 bits per heavy atom. The Kier molecular flexibility index (Phi) is 10.5. The number of hydrogen-bond acceptors (Lipinski definition) is 7. The molecule has 0 aromatic heterocycles. The summed E-state index contributed by atoms with van der Waals surface area (Å²) in [6.07, 6.45) is -1.77. The van der Waals surface area contributed by atoms with Crippen molar-refractivity contribution in [1.82, 2.24) is 9.80 Å². The average molecular weight is 697 g/mol. The van der Waals surface area contributed by atoms with Gasteiger partial charge in [-0.3, -0.25) is 19.4 Å². The molecule has 1 fully saturated rings. The van der Waals surface area contributed by atoms with Gasteiger partial charge in [-0.2, -0.15) is 0 Å². The Labute approximate surface area is 304 Å². The highest BCUT2D eigenvalue weighted by molar-refractivity contribution is 6.21. The number of likely N-dealkylation sites (N-methyl/N-ethyl adjacent to an activating group) is 1. The zero-order chi connectivity index (χ0) is 36.4. The van der Waals surface area contributed by atoms with Crippen molar-refractivity contribution < 1.29 is 29.3 Å². The Bertz CT molecular complexity index is 1980. The van der Waals surface area contributed by atoms with Crippen molar-refractivity contribution in [2.24, 2.45) is 5.92 Å². The summed E-state index contributed by atoms with van der Waals surface area (Å²) in [4.78, 5) is 29.4. The second-order valence-electron chi connectivity index (χ2n) is 13.9. The van der Waals surface area contributed by atoms with Gasteiger partial charge in [0.15, 0.2) is 6.29 Å². The zero-order valence-electron chi connectivity index (χ0n) is 29.6. The van der Waals surface area contributed by atoms with Gasteiger partial charge in [0.2, 0.25) is 0 Å². The van der Waals surface area contributed by atoms with Crippen LogP contribution in [0.4, 0.5) is 0 Å². The highest BCUT2D eigenvalue weighted by Gasteiger charge is 2.40. The first-order chi connectivity index (χ1) is 25.2. The summed E-state index contributed by atoms with van der Waals surface area (Å²) in [6, 6.07) is 40.3. The van der Waals surface area contributed by atoms with Crippen LogP contribution in [0.2, 0.25) is 0 Å². The van der Waals surface area contributed by atoms with E-state index in [2.05, 4.69) is 11.8 Å². The molecule has 0 radical (unpaired) electrons. The van der Waals surface area contributed by atoms with Gasteiger partial charge in [-0.1, -0.05) is 116 Å². The standard InChI is InChI=1S/C44H44N2O6/c1-28-39(26-45(3)29(2)40(48)33-11-5-4-6-12-33)51-44(52-41(28)34-18-16-30(27-47)17-19-34)35-22-20-32(21-23-35)36-13-9-10-31(24-36)25-46-42(49)37-14-7-8-15-38(37)43(46)50/h4-24,28-29,39-41,44,47-48H,25-27H2,1-3H3/t28-,29+,39+,40+,41+,44+/m1/s1. The van der Waals surface area contributed by atoms with Crippen LogP contribution in [-0.2, 0) is 22.6 Å². The van der Waals surface area contributed by atoms with Crippen LogP contribution in [0.1, 0.15) is 80.9 Å². The number of aliphatic hydroxyl groups excluding tert-OH is 2. The fourth-order valence-corrected chi connectivity index (χ4v) is 7.20. The van der Waals surface area contributed by atoms with Crippen LogP contribution >= 0.6 is 0 Å². The van der Waals surface area contributed by atoms with E-state index >= 15 is 0 Å². The smallest absolute Gasteiger partial charge is 0.261 e. The number of fused-ring (bicyclic) bond motifs is 1. The number of hydrogen-bond donors (Lipinski definition) is 2. The van der Waals surface area contributed by atoms with Gasteiger partial charge in [-0.05, 0) is 65.6 Å². The third kappa shape index (κ3) is 7.21. The van der Waals surface area contributed by atoms with Crippen molar-refractivity contribution in [3.05, 3.63) is 166 Å². The molecule has 0 saturated carbocycles. The minimum absolute atomic E-state index is 0.0103. The molecule has 1 saturated heterocycles. The van der Waals surface area contributed by atoms with E-state index in [-0.39, 0.29) is 49.1 Å². The van der Waals surface area contributed by atoms with Gasteiger partial charge < -0.3 is 19.7 Å². The molecule has 266 valence electrons. The van der Waals surface area contributed by atoms with Crippen molar-refractivity contribution in [3.63, 3.8) is 0 Å². The van der Waals surface area contributed by atoms with E-state index < -0.39 is 12.4 Å². The van der Waals surface area contributed by atoms with Crippen LogP contribution in [0.15, 0.2) is 127 Å². The summed E-state index contributed by atoms with van der Waals surface area (Å²) in [5.41, 5.74) is 7.28. The zero-order valence-corrected chi connectivity index (χ0v) is 29.6. The molecule has 0 unspecified atom stereocenters. The molecule has 0 bridgehead atoms. The lowest BCUT2D eigenvalue weighted by molar-refractivity contribution is -0.276. The molecule has 7 rings (SSSR count). The van der Waals surface area contributed by atoms with Gasteiger partial charge in [0.1, 0.15) is 0 Å². The van der Waals surface area contributed by atoms with Crippen LogP contribution in [-0.4, -0.2) is 57.6 Å². The third-order valence-corrected chi connectivity index (χ3v) is 10.5. The SMILES string of the molecule is C[C@@H]1[C@H](CN(C)[C@@H](C)[C@H](O)c2ccccc2)O[C@H](c2ccc(-c3cccc(CN4C(=O)c5ccccc5C4=O)c3)cc2)O[C@@H]1c1ccc(CO)cc1. The Morgan fingerprint density at radius 3 is 2.02 bits per heavy atom. The van der Waals surface area contributed by atoms with E-state index in [4.69, 9.17) is 9.47 Å². The second kappa shape index (κ2) is 15.3. The average Bonchev–Trinajstić information content (AvgIpc) is 3.43. The van der Waals surface area contributed by atoms with Crippen LogP contribution in [0, 0.1) is 5.92 Å². The number of aliphatic hydroxyl groups is 2. The van der Waals surface area contributed by atoms with Gasteiger partial charge in [-0.15, -0.1) is 0 Å². The number of rotatable bonds is 11. The predicted octanol–water partition coefficient (Wildman–Crippen LogP) is 7.49. The lowest BCUT2D eigenvalue weighted by Gasteiger charge is -2.43. The molecule has 2 amide bonds. The van der Waals surface area contributed by atoms with Crippen molar-refractivity contribution in [2.45, 2.75) is 57.6 Å². The molecule has 2 N–H and O–H groups in total. The molecule has 0 aliphatic carbocycles. The summed E-state index contributed by atoms with van der Waals surface area (Å²) >= 11 is 0. The molecule has 5 aromatic carbocycles. The molecular formula is C44H44N2O6. The fraction of sp³-hybridized carbons (Fsp3) is 0.273. The number of carbonyl (C=O) groups excluding carboxylic acids is 2. The van der Waals surface area contributed by atoms with Crippen molar-refractivity contribution in [1.29, 1.82) is 0 Å². The van der Waals surface area contributed by atoms with E-state index in [1.54, 1.807) is 24.3 Å². The number of nitrogens with zero attached hydrogens (tertiary/aromatic N) is 2. The number of imide groups is 1. The number of amides is 2. The molecule has 5 aromatic rings. The van der Waals surface area contributed by atoms with Crippen LogP contribution in [0.5, 0.6) is 0 Å². The Balaban J connectivity index is 1.10. The fourth-order valence-electron chi connectivity index (χ4n) is 7.20. The van der Waals surface area contributed by atoms with E-state index in [0.29, 0.717) is 17.7 Å². The lowest BCUT2D eigenvalue weighted by atomic mass is 9.89. The lowest BCUT2D eigenvalue weighted by Crippen LogP contribution is -2.46. The van der Waals surface area contributed by atoms with Crippen LogP contribution < -0.4 is 0 Å². The normalized spacial score (nSPS) is 21.3. The van der Waals surface area contributed by atoms with Crippen molar-refractivity contribution in [2.75, 3.05) is 13.6 Å². The van der Waals surface area contributed by atoms with Crippen molar-refractivity contribution >= 4 is 11.8 Å². The molecular weight excluding hydrogens is 652 g/mol.